The number of benzene rings is 1. The lowest BCUT2D eigenvalue weighted by Crippen LogP contribution is -2.44. The molecule has 0 unspecified atom stereocenters. The largest absolute Gasteiger partial charge is 0.369 e. The highest BCUT2D eigenvalue weighted by molar-refractivity contribution is 5.90. The number of H-pyrrole nitrogens is 1. The molecule has 0 amide bonds. The number of nitrogens with zero attached hydrogens (tertiary/aromatic N) is 7. The van der Waals surface area contributed by atoms with Gasteiger partial charge in [-0.3, -0.25) is 10.1 Å². The first kappa shape index (κ1) is 25.8. The van der Waals surface area contributed by atoms with Gasteiger partial charge in [0.2, 0.25) is 5.95 Å². The van der Waals surface area contributed by atoms with Gasteiger partial charge < -0.3 is 16.0 Å². The van der Waals surface area contributed by atoms with Crippen LogP contribution in [0, 0.1) is 20.8 Å². The molecule has 206 valence electrons. The first-order chi connectivity index (χ1) is 19.4. The Morgan fingerprint density at radius 2 is 1.73 bits per heavy atom. The average Bonchev–Trinajstić information content (AvgIpc) is 3.52. The van der Waals surface area contributed by atoms with E-state index in [-0.39, 0.29) is 11.6 Å². The molecule has 1 aliphatic rings. The fourth-order valence-electron chi connectivity index (χ4n) is 5.55. The third-order valence-electron chi connectivity index (χ3n) is 7.44. The van der Waals surface area contributed by atoms with Crippen molar-refractivity contribution in [1.82, 2.24) is 39.7 Å². The van der Waals surface area contributed by atoms with Crippen molar-refractivity contribution in [3.63, 3.8) is 0 Å². The van der Waals surface area contributed by atoms with Crippen LogP contribution in [0.25, 0.3) is 28.0 Å². The molecule has 6 rings (SSSR count). The molecule has 0 atom stereocenters. The molecular weight excluding hydrogens is 504 g/mol. The first-order valence-corrected chi connectivity index (χ1v) is 13.7. The highest BCUT2D eigenvalue weighted by Gasteiger charge is 2.23. The summed E-state index contributed by atoms with van der Waals surface area (Å²) in [5.74, 6) is 1.12. The van der Waals surface area contributed by atoms with E-state index in [1.165, 1.54) is 9.08 Å². The van der Waals surface area contributed by atoms with E-state index >= 15 is 0 Å². The zero-order valence-electron chi connectivity index (χ0n) is 23.1. The predicted molar refractivity (Wildman–Crippen MR) is 156 cm³/mol. The fraction of sp³-hybridized carbons (Fsp3) is 0.345. The van der Waals surface area contributed by atoms with Crippen molar-refractivity contribution in [2.24, 2.45) is 0 Å². The SMILES string of the molecule is Cc1cc(-c2c(-c3ccccc3)nc(N)n3c(=O)n(CCNC4CCN(c5cc(C)[nH]n5)CC4)nc23)cc(C)n1. The molecule has 4 N–H and O–H groups in total. The van der Waals surface area contributed by atoms with Gasteiger partial charge in [0, 0.05) is 54.4 Å². The highest BCUT2D eigenvalue weighted by Crippen LogP contribution is 2.34. The molecular formula is C29H34N10O. The number of nitrogens with two attached hydrogens (primary N) is 1. The molecule has 1 aliphatic heterocycles. The van der Waals surface area contributed by atoms with Crippen LogP contribution in [0.4, 0.5) is 11.8 Å². The molecule has 5 aromatic rings. The van der Waals surface area contributed by atoms with Crippen LogP contribution in [0.15, 0.2) is 53.3 Å². The lowest BCUT2D eigenvalue weighted by molar-refractivity contribution is 0.398. The molecule has 1 aromatic carbocycles. The van der Waals surface area contributed by atoms with E-state index in [4.69, 9.17) is 15.8 Å². The zero-order chi connectivity index (χ0) is 27.8. The van der Waals surface area contributed by atoms with Crippen molar-refractivity contribution in [3.8, 4) is 22.4 Å². The summed E-state index contributed by atoms with van der Waals surface area (Å²) in [6.45, 7) is 8.85. The van der Waals surface area contributed by atoms with Gasteiger partial charge >= 0.3 is 5.69 Å². The summed E-state index contributed by atoms with van der Waals surface area (Å²) in [5, 5.41) is 15.8. The standard InChI is InChI=1S/C29H34N10O/c1-18-15-22(16-19(2)32-18)25-26(21-7-5-4-6-8-21)33-28(30)39-27(25)36-38(29(39)40)14-11-31-23-9-12-37(13-10-23)24-17-20(3)34-35-24/h4-8,15-17,23,31H,9-14H2,1-3H3,(H2,30,33)(H,34,35). The van der Waals surface area contributed by atoms with Crippen molar-refractivity contribution >= 4 is 17.4 Å². The normalized spacial score (nSPS) is 14.3. The topological polar surface area (TPSA) is 135 Å². The summed E-state index contributed by atoms with van der Waals surface area (Å²) in [4.78, 5) is 25.0. The molecule has 0 radical (unpaired) electrons. The fourth-order valence-corrected chi connectivity index (χ4v) is 5.55. The van der Waals surface area contributed by atoms with Crippen molar-refractivity contribution < 1.29 is 0 Å². The van der Waals surface area contributed by atoms with Gasteiger partial charge in [0.05, 0.1) is 17.8 Å². The lowest BCUT2D eigenvalue weighted by Gasteiger charge is -2.32. The average molecular weight is 539 g/mol. The van der Waals surface area contributed by atoms with Crippen molar-refractivity contribution in [1.29, 1.82) is 0 Å². The molecule has 0 aliphatic carbocycles. The maximum Gasteiger partial charge on any atom is 0.353 e. The molecule has 0 saturated carbocycles. The summed E-state index contributed by atoms with van der Waals surface area (Å²) < 4.78 is 2.90. The second-order valence-electron chi connectivity index (χ2n) is 10.5. The maximum absolute atomic E-state index is 13.5. The Hall–Kier alpha value is -4.51. The number of hydrogen-bond donors (Lipinski definition) is 3. The minimum atomic E-state index is -0.297. The summed E-state index contributed by atoms with van der Waals surface area (Å²) >= 11 is 0. The number of hydrogen-bond acceptors (Lipinski definition) is 8. The Morgan fingerprint density at radius 3 is 2.40 bits per heavy atom. The summed E-state index contributed by atoms with van der Waals surface area (Å²) in [7, 11) is 0. The zero-order valence-corrected chi connectivity index (χ0v) is 23.1. The van der Waals surface area contributed by atoms with Crippen molar-refractivity contribution in [2.75, 3.05) is 30.3 Å². The molecule has 11 heteroatoms. The molecule has 1 fully saturated rings. The van der Waals surface area contributed by atoms with E-state index in [0.717, 1.165) is 65.5 Å². The van der Waals surface area contributed by atoms with Crippen LogP contribution in [-0.4, -0.2) is 60.0 Å². The third kappa shape index (κ3) is 4.95. The number of anilines is 2. The second kappa shape index (κ2) is 10.6. The number of nitrogen functional groups attached to an aromatic ring is 1. The molecule has 40 heavy (non-hydrogen) atoms. The molecule has 1 saturated heterocycles. The quantitative estimate of drug-likeness (QED) is 0.288. The number of aryl methyl sites for hydroxylation is 3. The van der Waals surface area contributed by atoms with Crippen LogP contribution in [-0.2, 0) is 6.54 Å². The number of fused-ring (bicyclic) bond motifs is 1. The van der Waals surface area contributed by atoms with E-state index in [1.807, 2.05) is 63.2 Å². The van der Waals surface area contributed by atoms with Gasteiger partial charge in [-0.1, -0.05) is 30.3 Å². The number of rotatable bonds is 7. The van der Waals surface area contributed by atoms with Crippen molar-refractivity contribution in [2.45, 2.75) is 46.2 Å². The van der Waals surface area contributed by atoms with E-state index in [1.54, 1.807) is 0 Å². The Bertz CT molecular complexity index is 1690. The van der Waals surface area contributed by atoms with Crippen molar-refractivity contribution in [3.05, 3.63) is 76.1 Å². The minimum Gasteiger partial charge on any atom is -0.369 e. The van der Waals surface area contributed by atoms with Crippen LogP contribution in [0.1, 0.15) is 29.9 Å². The third-order valence-corrected chi connectivity index (χ3v) is 7.44. The number of piperidine rings is 1. The second-order valence-corrected chi connectivity index (χ2v) is 10.5. The highest BCUT2D eigenvalue weighted by atomic mass is 16.2. The number of nitrogens with one attached hydrogen (secondary N) is 2. The van der Waals surface area contributed by atoms with Gasteiger partial charge in [0.25, 0.3) is 0 Å². The van der Waals surface area contributed by atoms with Crippen LogP contribution in [0.2, 0.25) is 0 Å². The smallest absolute Gasteiger partial charge is 0.353 e. The van der Waals surface area contributed by atoms with Crippen LogP contribution in [0.3, 0.4) is 0 Å². The van der Waals surface area contributed by atoms with Crippen LogP contribution < -0.4 is 21.6 Å². The molecule has 0 bridgehead atoms. The van der Waals surface area contributed by atoms with Gasteiger partial charge in [-0.05, 0) is 51.3 Å². The van der Waals surface area contributed by atoms with Gasteiger partial charge in [-0.15, -0.1) is 5.10 Å². The molecule has 11 nitrogen and oxygen atoms in total. The monoisotopic (exact) mass is 538 g/mol. The summed E-state index contributed by atoms with van der Waals surface area (Å²) in [5.41, 5.74) is 12.6. The van der Waals surface area contributed by atoms with E-state index in [2.05, 4.69) is 31.5 Å². The van der Waals surface area contributed by atoms with Gasteiger partial charge in [-0.25, -0.2) is 18.9 Å². The number of pyridine rings is 1. The van der Waals surface area contributed by atoms with Crippen LogP contribution >= 0.6 is 0 Å². The first-order valence-electron chi connectivity index (χ1n) is 13.7. The Morgan fingerprint density at radius 1 is 1.00 bits per heavy atom. The Balaban J connectivity index is 1.27. The molecule has 4 aromatic heterocycles. The lowest BCUT2D eigenvalue weighted by atomic mass is 9.99. The summed E-state index contributed by atoms with van der Waals surface area (Å²) in [6, 6.07) is 16.3. The molecule has 0 spiro atoms. The van der Waals surface area contributed by atoms with E-state index in [0.29, 0.717) is 30.5 Å². The van der Waals surface area contributed by atoms with Gasteiger partial charge in [-0.2, -0.15) is 5.10 Å². The van der Waals surface area contributed by atoms with E-state index in [9.17, 15) is 4.79 Å². The molecule has 5 heterocycles. The Kier molecular flexibility index (Phi) is 6.81. The van der Waals surface area contributed by atoms with Crippen LogP contribution in [0.5, 0.6) is 0 Å². The minimum absolute atomic E-state index is 0.116. The van der Waals surface area contributed by atoms with E-state index < -0.39 is 0 Å². The van der Waals surface area contributed by atoms with Gasteiger partial charge in [0.15, 0.2) is 11.5 Å². The number of aromatic amines is 1. The summed E-state index contributed by atoms with van der Waals surface area (Å²) in [6.07, 6.45) is 2.02. The Labute approximate surface area is 232 Å². The van der Waals surface area contributed by atoms with Gasteiger partial charge in [0.1, 0.15) is 0 Å². The number of aromatic nitrogens is 7. The maximum atomic E-state index is 13.5. The predicted octanol–water partition coefficient (Wildman–Crippen LogP) is 3.11.